The Morgan fingerprint density at radius 3 is 2.56 bits per heavy atom. The summed E-state index contributed by atoms with van der Waals surface area (Å²) in [5.41, 5.74) is 1.41. The smallest absolute Gasteiger partial charge is 0.163 e. The molecule has 0 spiro atoms. The second-order valence-corrected chi connectivity index (χ2v) is 10.7. The summed E-state index contributed by atoms with van der Waals surface area (Å²) >= 11 is 16.1. The van der Waals surface area contributed by atoms with Gasteiger partial charge in [0.25, 0.3) is 0 Å². The maximum absolute atomic E-state index is 6.42. The van der Waals surface area contributed by atoms with Crippen molar-refractivity contribution in [2.24, 2.45) is 17.8 Å². The fourth-order valence-electron chi connectivity index (χ4n) is 5.31. The van der Waals surface area contributed by atoms with Crippen molar-refractivity contribution in [2.45, 2.75) is 19.8 Å². The monoisotopic (exact) mass is 564 g/mol. The standard InChI is InChI=1S/C25H27BrCl2N4O2/c1-3-32-10-15-6-14(7-16(15)11-32)12-34-22-9-20-17(8-21(22)33-2)25(30-13-29-20)31-19-5-4-18(26)23(27)24(19)28/h4-5,8-9,13-16H,3,6-7,10-12H2,1-2H3,(H,29,30,31)/t14?,15-,16+. The summed E-state index contributed by atoms with van der Waals surface area (Å²) in [4.78, 5) is 11.4. The molecule has 0 amide bonds. The van der Waals surface area contributed by atoms with E-state index in [0.717, 1.165) is 33.8 Å². The highest BCUT2D eigenvalue weighted by molar-refractivity contribution is 9.10. The second kappa shape index (κ2) is 10.1. The molecule has 1 aromatic heterocycles. The summed E-state index contributed by atoms with van der Waals surface area (Å²) in [7, 11) is 1.65. The largest absolute Gasteiger partial charge is 0.493 e. The number of likely N-dealkylation sites (tertiary alicyclic amines) is 1. The first kappa shape index (κ1) is 23.9. The van der Waals surface area contributed by atoms with Gasteiger partial charge in [-0.25, -0.2) is 9.97 Å². The van der Waals surface area contributed by atoms with Gasteiger partial charge in [0, 0.05) is 29.0 Å². The number of benzene rings is 2. The van der Waals surface area contributed by atoms with Crippen LogP contribution in [0.1, 0.15) is 19.8 Å². The number of hydrogen-bond donors (Lipinski definition) is 1. The third-order valence-electron chi connectivity index (χ3n) is 7.05. The Kier molecular flexibility index (Phi) is 7.07. The molecule has 0 bridgehead atoms. The summed E-state index contributed by atoms with van der Waals surface area (Å²) in [5, 5.41) is 4.93. The van der Waals surface area contributed by atoms with Gasteiger partial charge >= 0.3 is 0 Å². The highest BCUT2D eigenvalue weighted by Gasteiger charge is 2.40. The summed E-state index contributed by atoms with van der Waals surface area (Å²) in [6, 6.07) is 7.51. The van der Waals surface area contributed by atoms with Gasteiger partial charge in [0.1, 0.15) is 12.1 Å². The van der Waals surface area contributed by atoms with Crippen molar-refractivity contribution in [2.75, 3.05) is 38.7 Å². The van der Waals surface area contributed by atoms with E-state index >= 15 is 0 Å². The minimum absolute atomic E-state index is 0.415. The molecule has 1 aliphatic carbocycles. The van der Waals surface area contributed by atoms with E-state index in [9.17, 15) is 0 Å². The Balaban J connectivity index is 1.34. The molecule has 2 fully saturated rings. The Morgan fingerprint density at radius 1 is 1.09 bits per heavy atom. The predicted molar refractivity (Wildman–Crippen MR) is 141 cm³/mol. The molecule has 1 unspecified atom stereocenters. The Hall–Kier alpha value is -1.80. The third-order valence-corrected chi connectivity index (χ3v) is 8.83. The molecule has 1 N–H and O–H groups in total. The minimum atomic E-state index is 0.415. The third kappa shape index (κ3) is 4.68. The van der Waals surface area contributed by atoms with Crippen LogP contribution < -0.4 is 14.8 Å². The number of nitrogens with zero attached hydrogens (tertiary/aromatic N) is 3. The number of ether oxygens (including phenoxy) is 2. The van der Waals surface area contributed by atoms with Crippen LogP contribution in [0, 0.1) is 17.8 Å². The Morgan fingerprint density at radius 2 is 1.85 bits per heavy atom. The van der Waals surface area contributed by atoms with Gasteiger partial charge in [0.2, 0.25) is 0 Å². The zero-order chi connectivity index (χ0) is 23.8. The lowest BCUT2D eigenvalue weighted by Crippen LogP contribution is -2.22. The molecule has 9 heteroatoms. The van der Waals surface area contributed by atoms with Crippen molar-refractivity contribution in [1.29, 1.82) is 0 Å². The molecule has 180 valence electrons. The predicted octanol–water partition coefficient (Wildman–Crippen LogP) is 6.81. The molecule has 0 radical (unpaired) electrons. The van der Waals surface area contributed by atoms with Crippen LogP contribution >= 0.6 is 39.1 Å². The summed E-state index contributed by atoms with van der Waals surface area (Å²) < 4.78 is 12.7. The topological polar surface area (TPSA) is 59.5 Å². The van der Waals surface area contributed by atoms with Crippen LogP contribution in [0.4, 0.5) is 11.5 Å². The lowest BCUT2D eigenvalue weighted by molar-refractivity contribution is 0.223. The number of methoxy groups -OCH3 is 1. The van der Waals surface area contributed by atoms with E-state index < -0.39 is 0 Å². The number of fused-ring (bicyclic) bond motifs is 2. The molecular formula is C25H27BrCl2N4O2. The van der Waals surface area contributed by atoms with Crippen molar-refractivity contribution in [1.82, 2.24) is 14.9 Å². The van der Waals surface area contributed by atoms with Gasteiger partial charge in [0.15, 0.2) is 11.5 Å². The number of rotatable bonds is 7. The maximum Gasteiger partial charge on any atom is 0.163 e. The first-order valence-corrected chi connectivity index (χ1v) is 13.1. The zero-order valence-electron chi connectivity index (χ0n) is 19.2. The molecule has 2 heterocycles. The summed E-state index contributed by atoms with van der Waals surface area (Å²) in [6.07, 6.45) is 4.00. The van der Waals surface area contributed by atoms with E-state index in [-0.39, 0.29) is 0 Å². The van der Waals surface area contributed by atoms with Gasteiger partial charge in [-0.05, 0) is 71.3 Å². The van der Waals surface area contributed by atoms with Crippen LogP contribution in [0.3, 0.4) is 0 Å². The van der Waals surface area contributed by atoms with E-state index in [1.807, 2.05) is 24.3 Å². The highest BCUT2D eigenvalue weighted by Crippen LogP contribution is 2.43. The van der Waals surface area contributed by atoms with Gasteiger partial charge < -0.3 is 19.7 Å². The van der Waals surface area contributed by atoms with E-state index in [1.165, 1.54) is 32.3 Å². The van der Waals surface area contributed by atoms with E-state index in [0.29, 0.717) is 45.6 Å². The van der Waals surface area contributed by atoms with E-state index in [2.05, 4.69) is 43.0 Å². The number of halogens is 3. The van der Waals surface area contributed by atoms with Crippen molar-refractivity contribution in [3.05, 3.63) is 45.1 Å². The molecule has 3 aromatic rings. The maximum atomic E-state index is 6.42. The number of anilines is 2. The van der Waals surface area contributed by atoms with Gasteiger partial charge in [-0.15, -0.1) is 0 Å². The first-order chi connectivity index (χ1) is 16.5. The summed E-state index contributed by atoms with van der Waals surface area (Å²) in [6.45, 7) is 6.57. The average Bonchev–Trinajstić information content (AvgIpc) is 3.41. The lowest BCUT2D eigenvalue weighted by atomic mass is 10.0. The van der Waals surface area contributed by atoms with Crippen LogP contribution in [-0.2, 0) is 0 Å². The SMILES string of the molecule is CCN1C[C@H]2CC(COc3cc4ncnc(Nc5ccc(Br)c(Cl)c5Cl)c4cc3OC)C[C@H]2C1. The van der Waals surface area contributed by atoms with Crippen molar-refractivity contribution >= 4 is 61.5 Å². The Labute approximate surface area is 218 Å². The quantitative estimate of drug-likeness (QED) is 0.318. The van der Waals surface area contributed by atoms with Crippen LogP contribution in [0.5, 0.6) is 11.5 Å². The molecule has 1 saturated carbocycles. The van der Waals surface area contributed by atoms with Crippen molar-refractivity contribution < 1.29 is 9.47 Å². The first-order valence-electron chi connectivity index (χ1n) is 11.5. The molecular weight excluding hydrogens is 539 g/mol. The van der Waals surface area contributed by atoms with Crippen LogP contribution in [0.25, 0.3) is 10.9 Å². The molecule has 1 aliphatic heterocycles. The van der Waals surface area contributed by atoms with Gasteiger partial charge in [0.05, 0.1) is 35.0 Å². The van der Waals surface area contributed by atoms with Gasteiger partial charge in [-0.3, -0.25) is 0 Å². The molecule has 2 aliphatic rings. The lowest BCUT2D eigenvalue weighted by Gasteiger charge is -2.18. The zero-order valence-corrected chi connectivity index (χ0v) is 22.3. The second-order valence-electron chi connectivity index (χ2n) is 9.11. The molecule has 6 nitrogen and oxygen atoms in total. The van der Waals surface area contributed by atoms with Crippen LogP contribution in [0.15, 0.2) is 35.1 Å². The average molecular weight is 566 g/mol. The normalized spacial score (nSPS) is 22.2. The fourth-order valence-corrected chi connectivity index (χ4v) is 6.13. The molecule has 2 aromatic carbocycles. The highest BCUT2D eigenvalue weighted by atomic mass is 79.9. The fraction of sp³-hybridized carbons (Fsp3) is 0.440. The van der Waals surface area contributed by atoms with Crippen molar-refractivity contribution in [3.63, 3.8) is 0 Å². The van der Waals surface area contributed by atoms with Crippen LogP contribution in [0.2, 0.25) is 10.0 Å². The van der Waals surface area contributed by atoms with Crippen LogP contribution in [-0.4, -0.2) is 48.2 Å². The van der Waals surface area contributed by atoms with E-state index in [1.54, 1.807) is 7.11 Å². The summed E-state index contributed by atoms with van der Waals surface area (Å²) in [5.74, 6) is 4.18. The molecule has 34 heavy (non-hydrogen) atoms. The minimum Gasteiger partial charge on any atom is -0.493 e. The molecule has 3 atom stereocenters. The van der Waals surface area contributed by atoms with Gasteiger partial charge in [-0.1, -0.05) is 30.1 Å². The number of nitrogens with one attached hydrogen (secondary N) is 1. The molecule has 1 saturated heterocycles. The Bertz CT molecular complexity index is 1200. The number of aromatic nitrogens is 2. The van der Waals surface area contributed by atoms with Gasteiger partial charge in [-0.2, -0.15) is 0 Å². The van der Waals surface area contributed by atoms with Crippen molar-refractivity contribution in [3.8, 4) is 11.5 Å². The molecule has 5 rings (SSSR count). The van der Waals surface area contributed by atoms with E-state index in [4.69, 9.17) is 32.7 Å². The number of hydrogen-bond acceptors (Lipinski definition) is 6.